The van der Waals surface area contributed by atoms with Gasteiger partial charge in [0, 0.05) is 72.3 Å². The van der Waals surface area contributed by atoms with Crippen LogP contribution in [0.3, 0.4) is 0 Å². The predicted molar refractivity (Wildman–Crippen MR) is 84.5 cm³/mol. The molecule has 0 unspecified atom stereocenters. The van der Waals surface area contributed by atoms with Gasteiger partial charge in [-0.25, -0.2) is 0 Å². The van der Waals surface area contributed by atoms with E-state index >= 15 is 0 Å². The number of hydrogen-bond donors (Lipinski definition) is 12. The van der Waals surface area contributed by atoms with Crippen molar-refractivity contribution in [2.75, 3.05) is 39.3 Å². The van der Waals surface area contributed by atoms with E-state index in [2.05, 4.69) is 0 Å². The van der Waals surface area contributed by atoms with Crippen LogP contribution in [0.5, 0.6) is 0 Å². The molecule has 0 rings (SSSR count). The first-order valence-corrected chi connectivity index (χ1v) is 3.95. The molecule has 0 aliphatic heterocycles. The van der Waals surface area contributed by atoms with Crippen LogP contribution in [0.1, 0.15) is 0 Å². The maximum atomic E-state index is 4.90. The Hall–Kier alpha value is 0.507. The third-order valence-electron chi connectivity index (χ3n) is 0.500. The van der Waals surface area contributed by atoms with Crippen LogP contribution in [0.4, 0.5) is 0 Å². The molecule has 0 amide bonds. The van der Waals surface area contributed by atoms with Gasteiger partial charge in [0.2, 0.25) is 0 Å². The second kappa shape index (κ2) is 158. The zero-order valence-electron chi connectivity index (χ0n) is 12.6. The van der Waals surface area contributed by atoms with E-state index < -0.39 is 0 Å². The summed E-state index contributed by atoms with van der Waals surface area (Å²) in [5.41, 5.74) is 29.4. The average Bonchev–Trinajstić information content (AvgIpc) is 2.18. The summed E-state index contributed by atoms with van der Waals surface area (Å²) in [7, 11) is 0. The van der Waals surface area contributed by atoms with E-state index in [1.807, 2.05) is 0 Å². The van der Waals surface area contributed by atoms with E-state index in [9.17, 15) is 0 Å². The molecule has 0 spiro atoms. The van der Waals surface area contributed by atoms with Gasteiger partial charge in [-0.3, -0.25) is 0 Å². The summed E-state index contributed by atoms with van der Waals surface area (Å²) in [6, 6.07) is 0. The predicted octanol–water partition coefficient (Wildman–Crippen LogP) is -2.32. The molecule has 0 aromatic carbocycles. The molecule has 0 saturated carbocycles. The third-order valence-corrected chi connectivity index (χ3v) is 0.500. The zero-order valence-corrected chi connectivity index (χ0v) is 14.6. The molecule has 0 radical (unpaired) electrons. The molecule has 0 atom stereocenters. The van der Waals surface area contributed by atoms with Crippen molar-refractivity contribution in [2.45, 2.75) is 0 Å². The first kappa shape index (κ1) is 86.3. The van der Waals surface area contributed by atoms with Crippen molar-refractivity contribution in [1.82, 2.24) is 36.9 Å². The summed E-state index contributed by atoms with van der Waals surface area (Å²) in [6.07, 6.45) is 0. The van der Waals surface area contributed by atoms with E-state index in [0.717, 1.165) is 0 Å². The van der Waals surface area contributed by atoms with E-state index in [-0.39, 0.29) is 69.9 Å². The van der Waals surface area contributed by atoms with Crippen molar-refractivity contribution in [3.05, 3.63) is 0 Å². The Morgan fingerprint density at radius 2 is 0.350 bits per heavy atom. The van der Waals surface area contributed by atoms with Crippen LogP contribution < -0.4 is 71.3 Å². The van der Waals surface area contributed by atoms with E-state index in [4.69, 9.17) is 34.4 Å². The van der Waals surface area contributed by atoms with Crippen LogP contribution in [-0.4, -0.2) is 39.3 Å². The molecular weight excluding hydrogens is 358 g/mol. The van der Waals surface area contributed by atoms with Crippen LogP contribution in [0.15, 0.2) is 0 Å². The zero-order chi connectivity index (χ0) is 10.2. The Labute approximate surface area is 144 Å². The number of rotatable bonds is 3. The molecule has 0 fully saturated rings. The minimum atomic E-state index is 0. The Morgan fingerprint density at radius 3 is 0.350 bits per heavy atom. The van der Waals surface area contributed by atoms with Gasteiger partial charge in [-0.15, -0.1) is 0 Å². The van der Waals surface area contributed by atoms with Crippen LogP contribution in [-0.2, 0) is 33.0 Å². The van der Waals surface area contributed by atoms with Crippen molar-refractivity contribution in [3.8, 4) is 0 Å². The van der Waals surface area contributed by atoms with E-state index in [0.29, 0.717) is 39.3 Å². The second-order valence-electron chi connectivity index (χ2n) is 1.73. The normalized spacial score (nSPS) is 4.50. The first-order valence-electron chi connectivity index (χ1n) is 3.95. The summed E-state index contributed by atoms with van der Waals surface area (Å²) in [5, 5.41) is 0. The Morgan fingerprint density at radius 1 is 0.300 bits per heavy atom. The fourth-order valence-electron chi connectivity index (χ4n) is 0. The van der Waals surface area contributed by atoms with Gasteiger partial charge in [0.05, 0.1) is 0 Å². The summed E-state index contributed by atoms with van der Waals surface area (Å²) in [6.45, 7) is 3.58. The Balaban J connectivity index is -0.00000000562. The molecule has 0 aliphatic carbocycles. The summed E-state index contributed by atoms with van der Waals surface area (Å²) >= 11 is 0. The maximum absolute atomic E-state index is 4.90. The second-order valence-corrected chi connectivity index (χ2v) is 1.73. The number of nitrogens with two attached hydrogens (primary N) is 6. The van der Waals surface area contributed by atoms with E-state index in [1.54, 1.807) is 0 Å². The summed E-state index contributed by atoms with van der Waals surface area (Å²) in [5.74, 6) is 0. The molecule has 0 bridgehead atoms. The standard InChI is InChI=1S/3C2H8N2.6H3N.2Ni/c3*3-1-2-4;;;;;;;;/h3*1-4H2;6*1H3;;. The van der Waals surface area contributed by atoms with Crippen molar-refractivity contribution in [3.63, 3.8) is 0 Å². The van der Waals surface area contributed by atoms with Gasteiger partial charge >= 0.3 is 0 Å². The molecule has 0 saturated heterocycles. The van der Waals surface area contributed by atoms with Crippen LogP contribution in [0.25, 0.3) is 0 Å². The maximum Gasteiger partial charge on any atom is 0.00461 e. The van der Waals surface area contributed by atoms with Crippen LogP contribution in [0, 0.1) is 0 Å². The molecule has 12 nitrogen and oxygen atoms in total. The molecule has 0 aliphatic rings. The molecule has 14 heteroatoms. The summed E-state index contributed by atoms with van der Waals surface area (Å²) < 4.78 is 0. The Kier molecular flexibility index (Phi) is 681. The van der Waals surface area contributed by atoms with Crippen molar-refractivity contribution in [2.24, 2.45) is 34.4 Å². The summed E-state index contributed by atoms with van der Waals surface area (Å²) in [4.78, 5) is 0. The van der Waals surface area contributed by atoms with Gasteiger partial charge in [0.15, 0.2) is 0 Å². The molecule has 0 aromatic heterocycles. The molecule has 30 N–H and O–H groups in total. The largest absolute Gasteiger partial charge is 0.344 e. The third kappa shape index (κ3) is 461. The first-order chi connectivity index (χ1) is 5.74. The molecule has 0 aromatic rings. The fraction of sp³-hybridized carbons (Fsp3) is 1.00. The molecule has 20 heavy (non-hydrogen) atoms. The van der Waals surface area contributed by atoms with Crippen LogP contribution in [0.2, 0.25) is 0 Å². The van der Waals surface area contributed by atoms with Gasteiger partial charge < -0.3 is 71.3 Å². The van der Waals surface area contributed by atoms with Gasteiger partial charge in [0.1, 0.15) is 0 Å². The van der Waals surface area contributed by atoms with Crippen molar-refractivity contribution >= 4 is 0 Å². The monoisotopic (exact) mass is 398 g/mol. The van der Waals surface area contributed by atoms with Crippen LogP contribution >= 0.6 is 0 Å². The average molecular weight is 400 g/mol. The molecule has 0 heterocycles. The Bertz CT molecular complexity index is 41.4. The van der Waals surface area contributed by atoms with Gasteiger partial charge in [0.25, 0.3) is 0 Å². The minimum absolute atomic E-state index is 0. The topological polar surface area (TPSA) is 366 Å². The van der Waals surface area contributed by atoms with Gasteiger partial charge in [-0.05, 0) is 0 Å². The SMILES string of the molecule is N.N.N.N.N.N.NCCN.NCCN.NCCN.[Ni].[Ni]. The number of hydrogen-bond acceptors (Lipinski definition) is 12. The molecular formula is C6H42N12Ni2. The fourth-order valence-corrected chi connectivity index (χ4v) is 0. The smallest absolute Gasteiger partial charge is 0.00461 e. The minimum Gasteiger partial charge on any atom is -0.344 e. The van der Waals surface area contributed by atoms with Crippen molar-refractivity contribution < 1.29 is 33.0 Å². The molecule has 146 valence electrons. The quantitative estimate of drug-likeness (QED) is 0.222. The van der Waals surface area contributed by atoms with Gasteiger partial charge in [-0.2, -0.15) is 0 Å². The van der Waals surface area contributed by atoms with Crippen molar-refractivity contribution in [1.29, 1.82) is 0 Å². The van der Waals surface area contributed by atoms with Gasteiger partial charge in [-0.1, -0.05) is 0 Å². The van der Waals surface area contributed by atoms with E-state index in [1.165, 1.54) is 0 Å².